The monoisotopic (exact) mass is 294 g/mol. The first-order valence-corrected chi connectivity index (χ1v) is 6.18. The lowest BCUT2D eigenvalue weighted by Gasteiger charge is -2.05. The lowest BCUT2D eigenvalue weighted by molar-refractivity contribution is 0.136. The van der Waals surface area contributed by atoms with Crippen LogP contribution < -0.4 is 0 Å². The van der Waals surface area contributed by atoms with Crippen LogP contribution in [0.1, 0.15) is 11.6 Å². The van der Waals surface area contributed by atoms with Gasteiger partial charge in [0.15, 0.2) is 0 Å². The molecule has 9 nitrogen and oxygen atoms in total. The number of carboxylic acid groups (broad SMARTS) is 2. The first-order valence-electron chi connectivity index (χ1n) is 6.18. The van der Waals surface area contributed by atoms with Gasteiger partial charge in [0.05, 0.1) is 13.2 Å². The summed E-state index contributed by atoms with van der Waals surface area (Å²) in [5, 5.41) is 17.8. The third-order valence-corrected chi connectivity index (χ3v) is 2.79. The largest absolute Gasteiger partial charge is 0.464 e. The van der Waals surface area contributed by atoms with E-state index in [0.717, 1.165) is 9.13 Å². The first kappa shape index (κ1) is 14.7. The fraction of sp³-hybridized carbons (Fsp3) is 0.333. The highest BCUT2D eigenvalue weighted by molar-refractivity contribution is 5.68. The lowest BCUT2D eigenvalue weighted by Crippen LogP contribution is -2.15. The summed E-state index contributed by atoms with van der Waals surface area (Å²) in [5.41, 5.74) is 0. The number of carbonyl (C=O) groups is 2. The number of imidazole rings is 2. The van der Waals surface area contributed by atoms with E-state index in [1.165, 1.54) is 24.8 Å². The Morgan fingerprint density at radius 3 is 1.76 bits per heavy atom. The molecule has 0 atom stereocenters. The highest BCUT2D eigenvalue weighted by Crippen LogP contribution is 2.01. The number of hydrogen-bond donors (Lipinski definition) is 2. The van der Waals surface area contributed by atoms with Crippen LogP contribution in [0.3, 0.4) is 0 Å². The summed E-state index contributed by atoms with van der Waals surface area (Å²) < 4.78 is 7.41. The zero-order valence-corrected chi connectivity index (χ0v) is 11.0. The summed E-state index contributed by atoms with van der Waals surface area (Å²) in [6.07, 6.45) is 4.07. The first-order chi connectivity index (χ1) is 10.1. The average molecular weight is 294 g/mol. The van der Waals surface area contributed by atoms with Crippen molar-refractivity contribution in [2.75, 3.05) is 13.2 Å². The van der Waals surface area contributed by atoms with Crippen LogP contribution in [0.15, 0.2) is 24.8 Å². The number of ether oxygens (including phenoxy) is 1. The molecule has 0 aliphatic rings. The van der Waals surface area contributed by atoms with Gasteiger partial charge in [-0.3, -0.25) is 0 Å². The number of nitrogens with zero attached hydrogens (tertiary/aromatic N) is 4. The summed E-state index contributed by atoms with van der Waals surface area (Å²) in [6, 6.07) is 0. The number of rotatable bonds is 6. The van der Waals surface area contributed by atoms with Crippen LogP contribution >= 0.6 is 0 Å². The zero-order valence-electron chi connectivity index (χ0n) is 11.0. The number of hydrogen-bond acceptors (Lipinski definition) is 5. The SMILES string of the molecule is O=C(O)n1ccnc1CCOCCc1nccn1C(=O)O. The molecule has 0 aliphatic carbocycles. The van der Waals surface area contributed by atoms with Crippen LogP contribution in [0.5, 0.6) is 0 Å². The van der Waals surface area contributed by atoms with E-state index in [2.05, 4.69) is 9.97 Å². The van der Waals surface area contributed by atoms with Crippen LogP contribution in [0.2, 0.25) is 0 Å². The van der Waals surface area contributed by atoms with Crippen molar-refractivity contribution in [3.8, 4) is 0 Å². The Morgan fingerprint density at radius 1 is 0.952 bits per heavy atom. The molecule has 2 aromatic heterocycles. The Bertz CT molecular complexity index is 579. The molecule has 0 spiro atoms. The Hall–Kier alpha value is -2.68. The predicted octanol–water partition coefficient (Wildman–Crippen LogP) is 0.934. The molecule has 0 aliphatic heterocycles. The highest BCUT2D eigenvalue weighted by Gasteiger charge is 2.10. The third kappa shape index (κ3) is 3.66. The topological polar surface area (TPSA) is 119 Å². The van der Waals surface area contributed by atoms with Gasteiger partial charge in [0.25, 0.3) is 0 Å². The van der Waals surface area contributed by atoms with Gasteiger partial charge in [-0.2, -0.15) is 0 Å². The number of aromatic nitrogens is 4. The van der Waals surface area contributed by atoms with Gasteiger partial charge in [-0.25, -0.2) is 28.7 Å². The molecule has 0 aromatic carbocycles. The molecule has 112 valence electrons. The maximum absolute atomic E-state index is 10.8. The summed E-state index contributed by atoms with van der Waals surface area (Å²) in [7, 11) is 0. The van der Waals surface area contributed by atoms with Gasteiger partial charge in [-0.15, -0.1) is 0 Å². The van der Waals surface area contributed by atoms with Crippen LogP contribution in [0.25, 0.3) is 0 Å². The molecule has 21 heavy (non-hydrogen) atoms. The Balaban J connectivity index is 1.75. The van der Waals surface area contributed by atoms with Crippen LogP contribution in [-0.2, 0) is 17.6 Å². The summed E-state index contributed by atoms with van der Waals surface area (Å²) in [6.45, 7) is 0.580. The summed E-state index contributed by atoms with van der Waals surface area (Å²) >= 11 is 0. The van der Waals surface area contributed by atoms with Crippen LogP contribution in [-0.4, -0.2) is 54.7 Å². The quantitative estimate of drug-likeness (QED) is 0.760. The predicted molar refractivity (Wildman–Crippen MR) is 69.5 cm³/mol. The van der Waals surface area contributed by atoms with E-state index < -0.39 is 12.2 Å². The van der Waals surface area contributed by atoms with Crippen LogP contribution in [0.4, 0.5) is 9.59 Å². The molecule has 0 saturated heterocycles. The third-order valence-electron chi connectivity index (χ3n) is 2.79. The van der Waals surface area contributed by atoms with Crippen molar-refractivity contribution >= 4 is 12.2 Å². The van der Waals surface area contributed by atoms with Crippen molar-refractivity contribution < 1.29 is 24.5 Å². The van der Waals surface area contributed by atoms with Gasteiger partial charge in [-0.1, -0.05) is 0 Å². The van der Waals surface area contributed by atoms with E-state index in [0.29, 0.717) is 24.5 Å². The second kappa shape index (κ2) is 6.66. The van der Waals surface area contributed by atoms with Gasteiger partial charge in [0, 0.05) is 37.6 Å². The molecule has 9 heteroatoms. The van der Waals surface area contributed by atoms with Gasteiger partial charge in [-0.05, 0) is 0 Å². The summed E-state index contributed by atoms with van der Waals surface area (Å²) in [4.78, 5) is 29.5. The molecular weight excluding hydrogens is 280 g/mol. The van der Waals surface area contributed by atoms with E-state index in [-0.39, 0.29) is 13.2 Å². The van der Waals surface area contributed by atoms with E-state index in [4.69, 9.17) is 14.9 Å². The molecular formula is C12H14N4O5. The van der Waals surface area contributed by atoms with Crippen molar-refractivity contribution in [3.63, 3.8) is 0 Å². The second-order valence-corrected chi connectivity index (χ2v) is 4.10. The minimum absolute atomic E-state index is 0.290. The molecule has 2 aromatic rings. The second-order valence-electron chi connectivity index (χ2n) is 4.10. The minimum atomic E-state index is -1.09. The van der Waals surface area contributed by atoms with E-state index in [1.54, 1.807) is 0 Å². The Morgan fingerprint density at radius 2 is 1.38 bits per heavy atom. The fourth-order valence-corrected chi connectivity index (χ4v) is 1.82. The smallest absolute Gasteiger partial charge is 0.416 e. The standard InChI is InChI=1S/C12H14N4O5/c17-11(18)15-5-3-13-9(15)1-7-21-8-2-10-14-4-6-16(10)12(19)20/h3-6H,1-2,7-8H2,(H,17,18)(H,19,20). The molecule has 0 amide bonds. The zero-order chi connectivity index (χ0) is 15.2. The van der Waals surface area contributed by atoms with Crippen molar-refractivity contribution in [1.82, 2.24) is 19.1 Å². The van der Waals surface area contributed by atoms with Gasteiger partial charge in [0.1, 0.15) is 11.6 Å². The van der Waals surface area contributed by atoms with Crippen molar-refractivity contribution in [2.45, 2.75) is 12.8 Å². The molecule has 0 unspecified atom stereocenters. The summed E-state index contributed by atoms with van der Waals surface area (Å²) in [5.74, 6) is 0.795. The van der Waals surface area contributed by atoms with Gasteiger partial charge >= 0.3 is 12.2 Å². The van der Waals surface area contributed by atoms with Crippen molar-refractivity contribution in [2.24, 2.45) is 0 Å². The fourth-order valence-electron chi connectivity index (χ4n) is 1.82. The maximum atomic E-state index is 10.8. The van der Waals surface area contributed by atoms with Gasteiger partial charge < -0.3 is 14.9 Å². The van der Waals surface area contributed by atoms with Crippen LogP contribution in [0, 0.1) is 0 Å². The molecule has 2 N–H and O–H groups in total. The van der Waals surface area contributed by atoms with E-state index in [9.17, 15) is 9.59 Å². The van der Waals surface area contributed by atoms with E-state index >= 15 is 0 Å². The molecule has 0 saturated carbocycles. The minimum Gasteiger partial charge on any atom is -0.464 e. The maximum Gasteiger partial charge on any atom is 0.416 e. The molecule has 0 radical (unpaired) electrons. The highest BCUT2D eigenvalue weighted by atomic mass is 16.5. The van der Waals surface area contributed by atoms with Crippen molar-refractivity contribution in [1.29, 1.82) is 0 Å². The lowest BCUT2D eigenvalue weighted by atomic mass is 10.4. The molecule has 0 fully saturated rings. The molecule has 0 bridgehead atoms. The molecule has 2 heterocycles. The van der Waals surface area contributed by atoms with E-state index in [1.807, 2.05) is 0 Å². The molecule has 2 rings (SSSR count). The average Bonchev–Trinajstić information content (AvgIpc) is 3.06. The van der Waals surface area contributed by atoms with Crippen molar-refractivity contribution in [3.05, 3.63) is 36.4 Å². The van der Waals surface area contributed by atoms with Gasteiger partial charge in [0.2, 0.25) is 0 Å². The Kier molecular flexibility index (Phi) is 4.67. The Labute approximate surface area is 119 Å². The normalized spacial score (nSPS) is 10.7.